The number of aryl methyl sites for hydroxylation is 1. The number of ether oxygens (including phenoxy) is 1. The van der Waals surface area contributed by atoms with E-state index in [4.69, 9.17) is 4.74 Å². The van der Waals surface area contributed by atoms with Gasteiger partial charge in [-0.25, -0.2) is 4.79 Å². The second-order valence-electron chi connectivity index (χ2n) is 10.8. The molecule has 42 heavy (non-hydrogen) atoms. The van der Waals surface area contributed by atoms with Gasteiger partial charge in [0, 0.05) is 29.8 Å². The standard InChI is InChI=1S/C35H35N3O4/c1-3-9-31-30(22-24-12-14-25(15-13-24)29-11-6-5-10-26(29)23-36)33(39)37-32(4-2)38(31)27-16-18-28(19-17-27)42-35(34(40)41)20-7-8-21-35/h5-6,10-19H,3-4,7-9,20-22H2,1-2H3,(H,40,41). The van der Waals surface area contributed by atoms with Gasteiger partial charge in [-0.3, -0.25) is 4.79 Å². The van der Waals surface area contributed by atoms with E-state index in [-0.39, 0.29) is 5.56 Å². The van der Waals surface area contributed by atoms with Crippen molar-refractivity contribution in [1.82, 2.24) is 9.55 Å². The molecule has 3 aromatic carbocycles. The SMILES string of the molecule is CCCc1c(Cc2ccc(-c3ccccc3C#N)cc2)c(=O)nc(CC)n1-c1ccc(OC2(C(=O)O)CCCC2)cc1. The van der Waals surface area contributed by atoms with Gasteiger partial charge in [0.15, 0.2) is 0 Å². The van der Waals surface area contributed by atoms with E-state index in [1.54, 1.807) is 6.07 Å². The molecule has 0 spiro atoms. The average molecular weight is 562 g/mol. The van der Waals surface area contributed by atoms with Gasteiger partial charge in [-0.15, -0.1) is 0 Å². The first-order valence-electron chi connectivity index (χ1n) is 14.6. The molecular weight excluding hydrogens is 526 g/mol. The highest BCUT2D eigenvalue weighted by Gasteiger charge is 2.43. The van der Waals surface area contributed by atoms with Crippen LogP contribution in [0.3, 0.4) is 0 Å². The van der Waals surface area contributed by atoms with E-state index in [1.165, 1.54) is 0 Å². The van der Waals surface area contributed by atoms with Gasteiger partial charge in [0.2, 0.25) is 5.60 Å². The number of benzene rings is 3. The third kappa shape index (κ3) is 5.71. The molecule has 1 aromatic heterocycles. The molecule has 1 N–H and O–H groups in total. The lowest BCUT2D eigenvalue weighted by molar-refractivity contribution is -0.154. The highest BCUT2D eigenvalue weighted by Crippen LogP contribution is 2.35. The number of hydrogen-bond acceptors (Lipinski definition) is 5. The summed E-state index contributed by atoms with van der Waals surface area (Å²) in [4.78, 5) is 29.8. The summed E-state index contributed by atoms with van der Waals surface area (Å²) in [6.45, 7) is 4.08. The normalized spacial score (nSPS) is 13.9. The Morgan fingerprint density at radius 3 is 2.33 bits per heavy atom. The zero-order valence-corrected chi connectivity index (χ0v) is 24.1. The van der Waals surface area contributed by atoms with E-state index in [2.05, 4.69) is 22.5 Å². The van der Waals surface area contributed by atoms with Crippen LogP contribution in [0.1, 0.15) is 74.2 Å². The lowest BCUT2D eigenvalue weighted by Gasteiger charge is -2.26. The predicted molar refractivity (Wildman–Crippen MR) is 162 cm³/mol. The summed E-state index contributed by atoms with van der Waals surface area (Å²) in [6.07, 6.45) is 5.26. The number of aliphatic carboxylic acids is 1. The minimum absolute atomic E-state index is 0.213. The lowest BCUT2D eigenvalue weighted by Crippen LogP contribution is -2.41. The average Bonchev–Trinajstić information content (AvgIpc) is 3.49. The van der Waals surface area contributed by atoms with Gasteiger partial charge in [-0.1, -0.05) is 62.7 Å². The first kappa shape index (κ1) is 28.8. The molecule has 4 aromatic rings. The smallest absolute Gasteiger partial charge is 0.348 e. The number of nitrogens with zero attached hydrogens (tertiary/aromatic N) is 3. The van der Waals surface area contributed by atoms with E-state index < -0.39 is 11.6 Å². The summed E-state index contributed by atoms with van der Waals surface area (Å²) in [7, 11) is 0. The van der Waals surface area contributed by atoms with E-state index in [0.29, 0.717) is 54.8 Å². The molecule has 0 bridgehead atoms. The van der Waals surface area contributed by atoms with E-state index >= 15 is 0 Å². The van der Waals surface area contributed by atoms with Crippen molar-refractivity contribution < 1.29 is 14.6 Å². The number of nitriles is 1. The van der Waals surface area contributed by atoms with Gasteiger partial charge in [0.1, 0.15) is 11.6 Å². The minimum Gasteiger partial charge on any atom is -0.478 e. The van der Waals surface area contributed by atoms with Crippen LogP contribution in [0.2, 0.25) is 0 Å². The molecule has 0 amide bonds. The summed E-state index contributed by atoms with van der Waals surface area (Å²) in [5.41, 5.74) is 4.51. The molecule has 5 rings (SSSR count). The van der Waals surface area contributed by atoms with Crippen LogP contribution in [0.4, 0.5) is 0 Å². The van der Waals surface area contributed by atoms with Crippen LogP contribution < -0.4 is 10.3 Å². The summed E-state index contributed by atoms with van der Waals surface area (Å²) in [5, 5.41) is 19.3. The Balaban J connectivity index is 1.49. The Morgan fingerprint density at radius 1 is 1.02 bits per heavy atom. The van der Waals surface area contributed by atoms with E-state index in [0.717, 1.165) is 47.3 Å². The highest BCUT2D eigenvalue weighted by molar-refractivity contribution is 5.78. The lowest BCUT2D eigenvalue weighted by atomic mass is 9.96. The van der Waals surface area contributed by atoms with Gasteiger partial charge < -0.3 is 14.4 Å². The quantitative estimate of drug-likeness (QED) is 0.232. The summed E-state index contributed by atoms with van der Waals surface area (Å²) < 4.78 is 8.11. The fourth-order valence-corrected chi connectivity index (χ4v) is 5.90. The van der Waals surface area contributed by atoms with Crippen LogP contribution >= 0.6 is 0 Å². The van der Waals surface area contributed by atoms with E-state index in [1.807, 2.05) is 73.7 Å². The maximum atomic E-state index is 13.4. The second kappa shape index (κ2) is 12.4. The molecule has 1 heterocycles. The molecule has 1 aliphatic rings. The van der Waals surface area contributed by atoms with Crippen LogP contribution in [-0.4, -0.2) is 26.2 Å². The first-order chi connectivity index (χ1) is 20.4. The molecule has 1 aliphatic carbocycles. The van der Waals surface area contributed by atoms with Gasteiger partial charge in [0.25, 0.3) is 5.56 Å². The number of carbonyl (C=O) groups is 1. The molecular formula is C35H35N3O4. The van der Waals surface area contributed by atoms with Crippen molar-refractivity contribution in [3.63, 3.8) is 0 Å². The van der Waals surface area contributed by atoms with Crippen LogP contribution in [0, 0.1) is 11.3 Å². The Morgan fingerprint density at radius 2 is 1.71 bits per heavy atom. The number of hydrogen-bond donors (Lipinski definition) is 1. The molecule has 0 radical (unpaired) electrons. The predicted octanol–water partition coefficient (Wildman–Crippen LogP) is 6.65. The number of carboxylic acid groups (broad SMARTS) is 1. The highest BCUT2D eigenvalue weighted by atomic mass is 16.5. The number of rotatable bonds is 10. The van der Waals surface area contributed by atoms with Crippen LogP contribution in [0.25, 0.3) is 16.8 Å². The largest absolute Gasteiger partial charge is 0.478 e. The third-order valence-electron chi connectivity index (χ3n) is 8.07. The van der Waals surface area contributed by atoms with Crippen LogP contribution in [0.5, 0.6) is 5.75 Å². The summed E-state index contributed by atoms with van der Waals surface area (Å²) >= 11 is 0. The molecule has 0 saturated heterocycles. The molecule has 1 saturated carbocycles. The van der Waals surface area contributed by atoms with Crippen molar-refractivity contribution in [2.45, 2.75) is 70.8 Å². The van der Waals surface area contributed by atoms with Gasteiger partial charge in [-0.05, 0) is 79.1 Å². The van der Waals surface area contributed by atoms with E-state index in [9.17, 15) is 20.0 Å². The molecule has 0 unspecified atom stereocenters. The van der Waals surface area contributed by atoms with Gasteiger partial charge in [0.05, 0.1) is 11.6 Å². The molecule has 7 heteroatoms. The molecule has 1 fully saturated rings. The molecule has 7 nitrogen and oxygen atoms in total. The summed E-state index contributed by atoms with van der Waals surface area (Å²) in [6, 6.07) is 25.2. The monoisotopic (exact) mass is 561 g/mol. The topological polar surface area (TPSA) is 105 Å². The van der Waals surface area contributed by atoms with Crippen molar-refractivity contribution >= 4 is 5.97 Å². The Bertz CT molecular complexity index is 1680. The van der Waals surface area contributed by atoms with Crippen LogP contribution in [-0.2, 0) is 24.1 Å². The Labute approximate surface area is 246 Å². The number of carboxylic acids is 1. The number of aromatic nitrogens is 2. The third-order valence-corrected chi connectivity index (χ3v) is 8.07. The molecule has 0 aliphatic heterocycles. The minimum atomic E-state index is -1.16. The second-order valence-corrected chi connectivity index (χ2v) is 10.8. The zero-order chi connectivity index (χ0) is 29.7. The maximum Gasteiger partial charge on any atom is 0.348 e. The van der Waals surface area contributed by atoms with Gasteiger partial charge >= 0.3 is 5.97 Å². The first-order valence-corrected chi connectivity index (χ1v) is 14.6. The van der Waals surface area contributed by atoms with Crippen LogP contribution in [0.15, 0.2) is 77.6 Å². The fraction of sp³-hybridized carbons (Fsp3) is 0.314. The van der Waals surface area contributed by atoms with Crippen molar-refractivity contribution in [3.05, 3.63) is 111 Å². The van der Waals surface area contributed by atoms with Gasteiger partial charge in [-0.2, -0.15) is 10.2 Å². The van der Waals surface area contributed by atoms with Crippen molar-refractivity contribution in [2.75, 3.05) is 0 Å². The van der Waals surface area contributed by atoms with Crippen molar-refractivity contribution in [3.8, 4) is 28.6 Å². The fourth-order valence-electron chi connectivity index (χ4n) is 5.90. The Hall–Kier alpha value is -4.70. The van der Waals surface area contributed by atoms with Crippen molar-refractivity contribution in [2.24, 2.45) is 0 Å². The summed E-state index contributed by atoms with van der Waals surface area (Å²) in [5.74, 6) is 0.284. The molecule has 0 atom stereocenters. The molecule has 214 valence electrons. The Kier molecular flexibility index (Phi) is 8.53. The van der Waals surface area contributed by atoms with Crippen molar-refractivity contribution in [1.29, 1.82) is 5.26 Å². The zero-order valence-electron chi connectivity index (χ0n) is 24.1. The maximum absolute atomic E-state index is 13.4.